The van der Waals surface area contributed by atoms with Gasteiger partial charge in [-0.2, -0.15) is 0 Å². The Morgan fingerprint density at radius 2 is 1.86 bits per heavy atom. The fourth-order valence-electron chi connectivity index (χ4n) is 2.23. The van der Waals surface area contributed by atoms with Crippen molar-refractivity contribution in [2.75, 3.05) is 19.7 Å². The van der Waals surface area contributed by atoms with Crippen LogP contribution in [0, 0.1) is 5.82 Å². The van der Waals surface area contributed by atoms with Gasteiger partial charge in [0.1, 0.15) is 5.82 Å². The summed E-state index contributed by atoms with van der Waals surface area (Å²) >= 11 is 0. The van der Waals surface area contributed by atoms with Gasteiger partial charge in [0, 0.05) is 44.6 Å². The zero-order valence-corrected chi connectivity index (χ0v) is 12.1. The highest BCUT2D eigenvalue weighted by Crippen LogP contribution is 2.08. The van der Waals surface area contributed by atoms with Crippen LogP contribution in [0.25, 0.3) is 0 Å². The quantitative estimate of drug-likeness (QED) is 0.811. The van der Waals surface area contributed by atoms with Gasteiger partial charge in [0.2, 0.25) is 0 Å². The molecular weight excluding hydrogens is 267 g/mol. The minimum absolute atomic E-state index is 0.184. The molecule has 2 aromatic rings. The molecule has 0 amide bonds. The summed E-state index contributed by atoms with van der Waals surface area (Å²) in [6, 6.07) is 12.5. The molecule has 3 nitrogen and oxygen atoms in total. The Kier molecular flexibility index (Phi) is 6.31. The van der Waals surface area contributed by atoms with Gasteiger partial charge >= 0.3 is 0 Å². The number of benzene rings is 1. The molecule has 1 N–H and O–H groups in total. The number of rotatable bonds is 8. The first-order valence-corrected chi connectivity index (χ1v) is 7.25. The van der Waals surface area contributed by atoms with E-state index in [4.69, 9.17) is 5.11 Å². The molecule has 0 unspecified atom stereocenters. The van der Waals surface area contributed by atoms with Crippen molar-refractivity contribution in [3.8, 4) is 0 Å². The number of hydrogen-bond acceptors (Lipinski definition) is 3. The normalized spacial score (nSPS) is 11.0. The Morgan fingerprint density at radius 3 is 2.52 bits per heavy atom. The van der Waals surface area contributed by atoms with Crippen LogP contribution < -0.4 is 0 Å². The Labute approximate surface area is 125 Å². The molecule has 0 radical (unpaired) electrons. The Morgan fingerprint density at radius 1 is 1.05 bits per heavy atom. The lowest BCUT2D eigenvalue weighted by atomic mass is 10.2. The SMILES string of the molecule is OCCCN(CCc1ccccn1)Cc1ccc(F)cc1. The Bertz CT molecular complexity index is 516. The van der Waals surface area contributed by atoms with Gasteiger partial charge in [-0.1, -0.05) is 18.2 Å². The van der Waals surface area contributed by atoms with Crippen molar-refractivity contribution in [2.24, 2.45) is 0 Å². The molecule has 2 rings (SSSR count). The molecule has 1 heterocycles. The third-order valence-electron chi connectivity index (χ3n) is 3.36. The van der Waals surface area contributed by atoms with Gasteiger partial charge < -0.3 is 5.11 Å². The van der Waals surface area contributed by atoms with Crippen LogP contribution in [-0.4, -0.2) is 34.7 Å². The molecule has 0 aliphatic carbocycles. The van der Waals surface area contributed by atoms with Crippen LogP contribution in [0.3, 0.4) is 0 Å². The van der Waals surface area contributed by atoms with Crippen molar-refractivity contribution in [3.05, 3.63) is 65.7 Å². The minimum atomic E-state index is -0.214. The van der Waals surface area contributed by atoms with Gasteiger partial charge in [-0.3, -0.25) is 9.88 Å². The monoisotopic (exact) mass is 288 g/mol. The summed E-state index contributed by atoms with van der Waals surface area (Å²) in [6.07, 6.45) is 3.41. The average Bonchev–Trinajstić information content (AvgIpc) is 2.53. The third kappa shape index (κ3) is 5.61. The summed E-state index contributed by atoms with van der Waals surface area (Å²) in [6.45, 7) is 2.63. The second-order valence-corrected chi connectivity index (χ2v) is 5.05. The van der Waals surface area contributed by atoms with Crippen molar-refractivity contribution in [3.63, 3.8) is 0 Å². The summed E-state index contributed by atoms with van der Waals surface area (Å²) in [5.74, 6) is -0.214. The van der Waals surface area contributed by atoms with E-state index in [-0.39, 0.29) is 12.4 Å². The summed E-state index contributed by atoms with van der Waals surface area (Å²) in [5, 5.41) is 9.01. The van der Waals surface area contributed by atoms with E-state index in [0.717, 1.165) is 43.7 Å². The van der Waals surface area contributed by atoms with Crippen molar-refractivity contribution < 1.29 is 9.50 Å². The van der Waals surface area contributed by atoms with Crippen LogP contribution >= 0.6 is 0 Å². The Balaban J connectivity index is 1.92. The number of nitrogens with zero attached hydrogens (tertiary/aromatic N) is 2. The van der Waals surface area contributed by atoms with E-state index in [1.807, 2.05) is 30.3 Å². The summed E-state index contributed by atoms with van der Waals surface area (Å²) in [4.78, 5) is 6.59. The van der Waals surface area contributed by atoms with E-state index in [1.54, 1.807) is 6.20 Å². The molecular formula is C17H21FN2O. The lowest BCUT2D eigenvalue weighted by molar-refractivity contribution is 0.219. The topological polar surface area (TPSA) is 36.4 Å². The molecule has 0 fully saturated rings. The zero-order chi connectivity index (χ0) is 14.9. The summed E-state index contributed by atoms with van der Waals surface area (Å²) in [7, 11) is 0. The van der Waals surface area contributed by atoms with Crippen LogP contribution in [0.4, 0.5) is 4.39 Å². The summed E-state index contributed by atoms with van der Waals surface area (Å²) in [5.41, 5.74) is 2.14. The fourth-order valence-corrected chi connectivity index (χ4v) is 2.23. The molecule has 21 heavy (non-hydrogen) atoms. The highest BCUT2D eigenvalue weighted by Gasteiger charge is 2.07. The van der Waals surface area contributed by atoms with Gasteiger partial charge in [0.25, 0.3) is 0 Å². The van der Waals surface area contributed by atoms with E-state index in [0.29, 0.717) is 0 Å². The lowest BCUT2D eigenvalue weighted by Crippen LogP contribution is -2.27. The maximum absolute atomic E-state index is 12.9. The van der Waals surface area contributed by atoms with Crippen LogP contribution in [0.1, 0.15) is 17.7 Å². The predicted octanol–water partition coefficient (Wildman–Crippen LogP) is 2.65. The van der Waals surface area contributed by atoms with E-state index >= 15 is 0 Å². The zero-order valence-electron chi connectivity index (χ0n) is 12.1. The molecule has 0 atom stereocenters. The first-order valence-electron chi connectivity index (χ1n) is 7.25. The van der Waals surface area contributed by atoms with E-state index in [9.17, 15) is 4.39 Å². The van der Waals surface area contributed by atoms with Gasteiger partial charge in [-0.25, -0.2) is 4.39 Å². The van der Waals surface area contributed by atoms with E-state index < -0.39 is 0 Å². The molecule has 0 aliphatic rings. The molecule has 112 valence electrons. The molecule has 0 spiro atoms. The van der Waals surface area contributed by atoms with Gasteiger partial charge in [0.05, 0.1) is 0 Å². The highest BCUT2D eigenvalue weighted by atomic mass is 19.1. The second kappa shape index (κ2) is 8.49. The maximum Gasteiger partial charge on any atom is 0.123 e. The molecule has 1 aromatic carbocycles. The number of aromatic nitrogens is 1. The number of aliphatic hydroxyl groups is 1. The van der Waals surface area contributed by atoms with Crippen molar-refractivity contribution >= 4 is 0 Å². The molecule has 4 heteroatoms. The smallest absolute Gasteiger partial charge is 0.123 e. The van der Waals surface area contributed by atoms with E-state index in [1.165, 1.54) is 12.1 Å². The number of pyridine rings is 1. The standard InChI is InChI=1S/C17H21FN2O/c18-16-7-5-15(6-8-16)14-20(11-3-13-21)12-9-17-4-1-2-10-19-17/h1-2,4-8,10,21H,3,9,11-14H2. The first-order chi connectivity index (χ1) is 10.3. The van der Waals surface area contributed by atoms with E-state index in [2.05, 4.69) is 9.88 Å². The average molecular weight is 288 g/mol. The summed E-state index contributed by atoms with van der Waals surface area (Å²) < 4.78 is 12.9. The van der Waals surface area contributed by atoms with Gasteiger partial charge in [0.15, 0.2) is 0 Å². The third-order valence-corrected chi connectivity index (χ3v) is 3.36. The predicted molar refractivity (Wildman–Crippen MR) is 81.3 cm³/mol. The molecule has 1 aromatic heterocycles. The van der Waals surface area contributed by atoms with Gasteiger partial charge in [-0.15, -0.1) is 0 Å². The first kappa shape index (κ1) is 15.6. The van der Waals surface area contributed by atoms with Gasteiger partial charge in [-0.05, 0) is 36.2 Å². The molecule has 0 bridgehead atoms. The molecule has 0 saturated heterocycles. The lowest BCUT2D eigenvalue weighted by Gasteiger charge is -2.22. The van der Waals surface area contributed by atoms with Crippen LogP contribution in [0.5, 0.6) is 0 Å². The van der Waals surface area contributed by atoms with Crippen LogP contribution in [0.2, 0.25) is 0 Å². The number of hydrogen-bond donors (Lipinski definition) is 1. The fraction of sp³-hybridized carbons (Fsp3) is 0.353. The molecule has 0 aliphatic heterocycles. The number of aliphatic hydroxyl groups excluding tert-OH is 1. The van der Waals surface area contributed by atoms with Crippen LogP contribution in [-0.2, 0) is 13.0 Å². The number of halogens is 1. The Hall–Kier alpha value is -1.78. The second-order valence-electron chi connectivity index (χ2n) is 5.05. The van der Waals surface area contributed by atoms with Crippen molar-refractivity contribution in [1.29, 1.82) is 0 Å². The highest BCUT2D eigenvalue weighted by molar-refractivity contribution is 5.16. The minimum Gasteiger partial charge on any atom is -0.396 e. The van der Waals surface area contributed by atoms with Crippen LogP contribution in [0.15, 0.2) is 48.7 Å². The van der Waals surface area contributed by atoms with Crippen molar-refractivity contribution in [2.45, 2.75) is 19.4 Å². The largest absolute Gasteiger partial charge is 0.396 e. The molecule has 0 saturated carbocycles. The maximum atomic E-state index is 12.9. The van der Waals surface area contributed by atoms with Crippen molar-refractivity contribution in [1.82, 2.24) is 9.88 Å².